The average molecular weight is 225 g/mol. The number of benzene rings is 1. The third kappa shape index (κ3) is 1.73. The molecule has 0 fully saturated rings. The smallest absolute Gasteiger partial charge is 0.161 e. The Labute approximate surface area is 93.1 Å². The number of fused-ring (bicyclic) bond motifs is 1. The van der Waals surface area contributed by atoms with E-state index in [0.717, 1.165) is 5.56 Å². The molecule has 0 saturated heterocycles. The summed E-state index contributed by atoms with van der Waals surface area (Å²) in [5, 5.41) is 28.2. The fraction of sp³-hybridized carbons (Fsp3) is 0.455. The average Bonchev–Trinajstić information content (AvgIpc) is 2.32. The number of hydrogen-bond acceptors (Lipinski definition) is 5. The molecule has 1 aromatic rings. The Bertz CT molecular complexity index is 394. The van der Waals surface area contributed by atoms with Crippen LogP contribution in [0.5, 0.6) is 11.5 Å². The summed E-state index contributed by atoms with van der Waals surface area (Å²) in [7, 11) is 0. The molecule has 0 aliphatic carbocycles. The molecule has 1 aliphatic rings. The number of hydrogen-bond donors (Lipinski definition) is 4. The van der Waals surface area contributed by atoms with Crippen molar-refractivity contribution >= 4 is 0 Å². The Morgan fingerprint density at radius 3 is 2.75 bits per heavy atom. The summed E-state index contributed by atoms with van der Waals surface area (Å²) >= 11 is 0. The third-order valence-corrected chi connectivity index (χ3v) is 2.85. The zero-order valence-electron chi connectivity index (χ0n) is 8.76. The number of phenolic OH excluding ortho intramolecular Hbond substituents is 2. The van der Waals surface area contributed by atoms with Crippen LogP contribution in [0.25, 0.3) is 0 Å². The summed E-state index contributed by atoms with van der Waals surface area (Å²) in [6.07, 6.45) is -0.344. The molecular weight excluding hydrogens is 210 g/mol. The fourth-order valence-electron chi connectivity index (χ4n) is 2.03. The van der Waals surface area contributed by atoms with Crippen LogP contribution in [0.4, 0.5) is 0 Å². The Balaban J connectivity index is 2.45. The van der Waals surface area contributed by atoms with Crippen molar-refractivity contribution in [2.45, 2.75) is 18.6 Å². The standard InChI is InChI=1S/C11H15NO4/c12-4-10-7-1-2-9(14)11(15)8(7)3-6(5-13)16-10/h1-2,6,10,13-15H,3-5,12H2. The summed E-state index contributed by atoms with van der Waals surface area (Å²) in [5.74, 6) is -0.300. The van der Waals surface area contributed by atoms with Gasteiger partial charge < -0.3 is 25.8 Å². The van der Waals surface area contributed by atoms with Crippen molar-refractivity contribution in [2.24, 2.45) is 5.73 Å². The van der Waals surface area contributed by atoms with E-state index in [2.05, 4.69) is 0 Å². The van der Waals surface area contributed by atoms with Crippen molar-refractivity contribution in [3.63, 3.8) is 0 Å². The van der Waals surface area contributed by atoms with E-state index in [1.807, 2.05) is 0 Å². The first-order chi connectivity index (χ1) is 7.67. The van der Waals surface area contributed by atoms with Crippen LogP contribution in [0.1, 0.15) is 17.2 Å². The lowest BCUT2D eigenvalue weighted by Crippen LogP contribution is -2.32. The van der Waals surface area contributed by atoms with Crippen LogP contribution in [0, 0.1) is 0 Å². The van der Waals surface area contributed by atoms with Gasteiger partial charge in [0.25, 0.3) is 0 Å². The first-order valence-corrected chi connectivity index (χ1v) is 5.17. The van der Waals surface area contributed by atoms with Gasteiger partial charge in [-0.15, -0.1) is 0 Å². The molecule has 5 heteroatoms. The van der Waals surface area contributed by atoms with Crippen molar-refractivity contribution in [3.8, 4) is 11.5 Å². The molecular formula is C11H15NO4. The van der Waals surface area contributed by atoms with Crippen molar-refractivity contribution in [1.29, 1.82) is 0 Å². The minimum atomic E-state index is -0.381. The predicted molar refractivity (Wildman–Crippen MR) is 57.2 cm³/mol. The molecule has 5 N–H and O–H groups in total. The molecule has 0 spiro atoms. The van der Waals surface area contributed by atoms with Crippen molar-refractivity contribution in [3.05, 3.63) is 23.3 Å². The molecule has 1 heterocycles. The van der Waals surface area contributed by atoms with Crippen LogP contribution in [0.15, 0.2) is 12.1 Å². The highest BCUT2D eigenvalue weighted by Crippen LogP contribution is 2.39. The van der Waals surface area contributed by atoms with Gasteiger partial charge in [0, 0.05) is 18.5 Å². The number of aliphatic hydroxyl groups excluding tert-OH is 1. The van der Waals surface area contributed by atoms with Gasteiger partial charge in [-0.2, -0.15) is 0 Å². The van der Waals surface area contributed by atoms with Crippen molar-refractivity contribution in [2.75, 3.05) is 13.2 Å². The van der Waals surface area contributed by atoms with Crippen molar-refractivity contribution in [1.82, 2.24) is 0 Å². The SMILES string of the molecule is NCC1OC(CO)Cc2c1ccc(O)c2O. The van der Waals surface area contributed by atoms with Crippen LogP contribution < -0.4 is 5.73 Å². The molecule has 0 bridgehead atoms. The summed E-state index contributed by atoms with van der Waals surface area (Å²) in [5.41, 5.74) is 6.96. The lowest BCUT2D eigenvalue weighted by atomic mass is 9.93. The summed E-state index contributed by atoms with van der Waals surface area (Å²) in [6, 6.07) is 3.11. The van der Waals surface area contributed by atoms with Gasteiger partial charge in [-0.3, -0.25) is 0 Å². The van der Waals surface area contributed by atoms with E-state index >= 15 is 0 Å². The van der Waals surface area contributed by atoms with Crippen LogP contribution in [-0.4, -0.2) is 34.6 Å². The monoisotopic (exact) mass is 225 g/mol. The quantitative estimate of drug-likeness (QED) is 0.533. The zero-order chi connectivity index (χ0) is 11.7. The highest BCUT2D eigenvalue weighted by molar-refractivity contribution is 5.50. The minimum Gasteiger partial charge on any atom is -0.504 e. The van der Waals surface area contributed by atoms with E-state index in [1.54, 1.807) is 6.07 Å². The number of ether oxygens (including phenoxy) is 1. The van der Waals surface area contributed by atoms with Crippen LogP contribution in [0.2, 0.25) is 0 Å². The molecule has 0 aromatic heterocycles. The lowest BCUT2D eigenvalue weighted by molar-refractivity contribution is -0.0472. The maximum atomic E-state index is 9.74. The van der Waals surface area contributed by atoms with E-state index < -0.39 is 0 Å². The molecule has 5 nitrogen and oxygen atoms in total. The summed E-state index contributed by atoms with van der Waals surface area (Å²) in [4.78, 5) is 0. The van der Waals surface area contributed by atoms with Gasteiger partial charge in [-0.05, 0) is 11.6 Å². The maximum absolute atomic E-state index is 9.74. The third-order valence-electron chi connectivity index (χ3n) is 2.85. The molecule has 0 radical (unpaired) electrons. The second-order valence-corrected chi connectivity index (χ2v) is 3.87. The van der Waals surface area contributed by atoms with Gasteiger partial charge in [-0.25, -0.2) is 0 Å². The van der Waals surface area contributed by atoms with E-state index in [1.165, 1.54) is 6.07 Å². The lowest BCUT2D eigenvalue weighted by Gasteiger charge is -2.31. The summed E-state index contributed by atoms with van der Waals surface area (Å²) in [6.45, 7) is 0.138. The molecule has 2 unspecified atom stereocenters. The molecule has 1 aromatic carbocycles. The first kappa shape index (κ1) is 11.2. The Kier molecular flexibility index (Phi) is 3.00. The second-order valence-electron chi connectivity index (χ2n) is 3.87. The molecule has 0 amide bonds. The first-order valence-electron chi connectivity index (χ1n) is 5.17. The van der Waals surface area contributed by atoms with Gasteiger partial charge in [0.2, 0.25) is 0 Å². The molecule has 16 heavy (non-hydrogen) atoms. The number of phenols is 2. The Morgan fingerprint density at radius 2 is 2.12 bits per heavy atom. The number of rotatable bonds is 2. The van der Waals surface area contributed by atoms with Crippen LogP contribution in [-0.2, 0) is 11.2 Å². The van der Waals surface area contributed by atoms with Crippen molar-refractivity contribution < 1.29 is 20.1 Å². The highest BCUT2D eigenvalue weighted by Gasteiger charge is 2.29. The van der Waals surface area contributed by atoms with Gasteiger partial charge in [0.05, 0.1) is 18.8 Å². The van der Waals surface area contributed by atoms with Gasteiger partial charge >= 0.3 is 0 Å². The minimum absolute atomic E-state index is 0.134. The van der Waals surface area contributed by atoms with E-state index in [-0.39, 0.29) is 36.9 Å². The van der Waals surface area contributed by atoms with Crippen LogP contribution in [0.3, 0.4) is 0 Å². The van der Waals surface area contributed by atoms with Gasteiger partial charge in [0.15, 0.2) is 11.5 Å². The topological polar surface area (TPSA) is 95.9 Å². The largest absolute Gasteiger partial charge is 0.504 e. The summed E-state index contributed by atoms with van der Waals surface area (Å²) < 4.78 is 5.54. The Hall–Kier alpha value is -1.30. The zero-order valence-corrected chi connectivity index (χ0v) is 8.76. The number of aromatic hydroxyl groups is 2. The molecule has 2 rings (SSSR count). The second kappa shape index (κ2) is 4.29. The number of aliphatic hydroxyl groups is 1. The molecule has 2 atom stereocenters. The van der Waals surface area contributed by atoms with Gasteiger partial charge in [-0.1, -0.05) is 6.07 Å². The van der Waals surface area contributed by atoms with Gasteiger partial charge in [0.1, 0.15) is 0 Å². The van der Waals surface area contributed by atoms with E-state index in [9.17, 15) is 10.2 Å². The highest BCUT2D eigenvalue weighted by atomic mass is 16.5. The maximum Gasteiger partial charge on any atom is 0.161 e. The number of nitrogens with two attached hydrogens (primary N) is 1. The normalized spacial score (nSPS) is 24.1. The van der Waals surface area contributed by atoms with Crippen LogP contribution >= 0.6 is 0 Å². The molecule has 0 saturated carbocycles. The molecule has 1 aliphatic heterocycles. The fourth-order valence-corrected chi connectivity index (χ4v) is 2.03. The predicted octanol–water partition coefficient (Wildman–Crippen LogP) is 0.0312. The van der Waals surface area contributed by atoms with E-state index in [0.29, 0.717) is 12.0 Å². The Morgan fingerprint density at radius 1 is 1.38 bits per heavy atom. The molecule has 88 valence electrons. The van der Waals surface area contributed by atoms with E-state index in [4.69, 9.17) is 15.6 Å².